The smallest absolute Gasteiger partial charge is 0.227 e. The molecule has 2 bridgehead atoms. The molecule has 2 aromatic heterocycles. The van der Waals surface area contributed by atoms with Gasteiger partial charge >= 0.3 is 0 Å². The number of aromatic amines is 1. The van der Waals surface area contributed by atoms with E-state index in [9.17, 15) is 8.42 Å². The molecule has 3 fully saturated rings. The van der Waals surface area contributed by atoms with Crippen molar-refractivity contribution in [2.45, 2.75) is 83.2 Å². The highest BCUT2D eigenvalue weighted by Crippen LogP contribution is 2.38. The maximum Gasteiger partial charge on any atom is 0.227 e. The van der Waals surface area contributed by atoms with E-state index < -0.39 is 15.8 Å². The van der Waals surface area contributed by atoms with Gasteiger partial charge in [-0.15, -0.1) is 0 Å². The fourth-order valence-corrected chi connectivity index (χ4v) is 7.24. The number of hydrogen-bond donors (Lipinski definition) is 2. The minimum Gasteiger partial charge on any atom is -0.379 e. The number of nitrogens with zero attached hydrogens (tertiary/aromatic N) is 5. The Bertz CT molecular complexity index is 1190. The van der Waals surface area contributed by atoms with Crippen LogP contribution in [0.15, 0.2) is 6.07 Å². The van der Waals surface area contributed by atoms with E-state index in [1.807, 2.05) is 18.9 Å². The molecule has 3 aliphatic heterocycles. The summed E-state index contributed by atoms with van der Waals surface area (Å²) in [6.45, 7) is 4.67. The number of H-pyrrole nitrogens is 1. The van der Waals surface area contributed by atoms with Gasteiger partial charge in [-0.25, -0.2) is 17.8 Å². The molecule has 1 unspecified atom stereocenters. The van der Waals surface area contributed by atoms with Crippen LogP contribution in [0, 0.1) is 12.7 Å². The number of piperidine rings is 2. The van der Waals surface area contributed by atoms with Crippen molar-refractivity contribution < 1.29 is 22.3 Å². The molecule has 0 radical (unpaired) electrons. The third-order valence-corrected chi connectivity index (χ3v) is 9.60. The van der Waals surface area contributed by atoms with Crippen LogP contribution in [0.25, 0.3) is 0 Å². The molecule has 37 heavy (non-hydrogen) atoms. The molecule has 2 N–H and O–H groups in total. The second-order valence-electron chi connectivity index (χ2n) is 10.2. The Kier molecular flexibility index (Phi) is 7.66. The van der Waals surface area contributed by atoms with Crippen LogP contribution < -0.4 is 10.2 Å². The molecule has 0 amide bonds. The summed E-state index contributed by atoms with van der Waals surface area (Å²) in [6.07, 6.45) is 4.75. The number of ether oxygens (including phenoxy) is 2. The van der Waals surface area contributed by atoms with Gasteiger partial charge < -0.3 is 19.7 Å². The molecule has 4 atom stereocenters. The summed E-state index contributed by atoms with van der Waals surface area (Å²) in [5.41, 5.74) is 0.990. The minimum atomic E-state index is -3.27. The Morgan fingerprint density at radius 2 is 2.03 bits per heavy atom. The number of hydrogen-bond acceptors (Lipinski definition) is 9. The van der Waals surface area contributed by atoms with E-state index >= 15 is 4.39 Å². The van der Waals surface area contributed by atoms with Gasteiger partial charge in [-0.05, 0) is 46.0 Å². The molecule has 2 aromatic rings. The first kappa shape index (κ1) is 26.3. The number of halogens is 1. The molecule has 204 valence electrons. The molecule has 11 nitrogen and oxygen atoms in total. The Labute approximate surface area is 217 Å². The predicted octanol–water partition coefficient (Wildman–Crippen LogP) is 2.87. The van der Waals surface area contributed by atoms with Crippen molar-refractivity contribution >= 4 is 27.6 Å². The maximum absolute atomic E-state index is 15.5. The summed E-state index contributed by atoms with van der Waals surface area (Å²) in [7, 11) is -1.38. The average Bonchev–Trinajstić information content (AvgIpc) is 3.54. The van der Waals surface area contributed by atoms with E-state index in [1.54, 1.807) is 17.3 Å². The SMILES string of the molecule is CCS(=O)(=O)N1[C@@H]2CCC[C@H]1CC(N(C)c1nc(CO[C@@H]3CCOC3)c(F)c(Nc3cc(C)[nH]n3)n1)C2. The Hall–Kier alpha value is -2.35. The van der Waals surface area contributed by atoms with Crippen LogP contribution in [0.1, 0.15) is 56.8 Å². The second-order valence-corrected chi connectivity index (χ2v) is 12.4. The van der Waals surface area contributed by atoms with Gasteiger partial charge in [0.25, 0.3) is 0 Å². The number of anilines is 3. The molecule has 5 rings (SSSR count). The largest absolute Gasteiger partial charge is 0.379 e. The van der Waals surface area contributed by atoms with Gasteiger partial charge in [0.1, 0.15) is 5.69 Å². The molecule has 0 aromatic carbocycles. The first-order valence-corrected chi connectivity index (χ1v) is 14.6. The van der Waals surface area contributed by atoms with Crippen LogP contribution in [-0.2, 0) is 26.1 Å². The highest BCUT2D eigenvalue weighted by Gasteiger charge is 2.45. The van der Waals surface area contributed by atoms with Crippen molar-refractivity contribution in [3.8, 4) is 0 Å². The zero-order valence-electron chi connectivity index (χ0n) is 21.6. The first-order valence-electron chi connectivity index (χ1n) is 13.0. The third-order valence-electron chi connectivity index (χ3n) is 7.64. The lowest BCUT2D eigenvalue weighted by Crippen LogP contribution is -2.58. The van der Waals surface area contributed by atoms with Crippen LogP contribution in [0.3, 0.4) is 0 Å². The highest BCUT2D eigenvalue weighted by molar-refractivity contribution is 7.89. The van der Waals surface area contributed by atoms with E-state index in [0.717, 1.165) is 31.4 Å². The molecule has 0 spiro atoms. The number of fused-ring (bicyclic) bond motifs is 2. The lowest BCUT2D eigenvalue weighted by atomic mass is 9.83. The molecular formula is C24H36FN7O4S. The van der Waals surface area contributed by atoms with Crippen LogP contribution >= 0.6 is 0 Å². The Balaban J connectivity index is 1.41. The van der Waals surface area contributed by atoms with Gasteiger partial charge in [-0.2, -0.15) is 14.4 Å². The van der Waals surface area contributed by atoms with Crippen LogP contribution in [-0.4, -0.2) is 83.1 Å². The lowest BCUT2D eigenvalue weighted by molar-refractivity contribution is 0.0287. The number of nitrogens with one attached hydrogen (secondary N) is 2. The van der Waals surface area contributed by atoms with Crippen molar-refractivity contribution in [1.82, 2.24) is 24.5 Å². The molecule has 3 aliphatic rings. The predicted molar refractivity (Wildman–Crippen MR) is 137 cm³/mol. The summed E-state index contributed by atoms with van der Waals surface area (Å²) in [5, 5.41) is 9.95. The monoisotopic (exact) mass is 537 g/mol. The van der Waals surface area contributed by atoms with Gasteiger partial charge in [0.15, 0.2) is 17.5 Å². The molecular weight excluding hydrogens is 501 g/mol. The van der Waals surface area contributed by atoms with Gasteiger partial charge in [0, 0.05) is 43.5 Å². The standard InChI is InChI=1S/C24H36FN7O4S/c1-4-37(33,34)32-16-6-5-7-17(32)12-18(11-16)31(3)24-26-20(14-36-19-8-9-35-13-19)22(25)23(28-24)27-21-10-15(2)29-30-21/h10,16-19H,4-9,11-14H2,1-3H3,(H2,26,27,28,29,30)/t16-,17+,18?,19-/m1/s1. The van der Waals surface area contributed by atoms with Crippen LogP contribution in [0.5, 0.6) is 0 Å². The van der Waals surface area contributed by atoms with Crippen molar-refractivity contribution in [2.75, 3.05) is 36.2 Å². The Morgan fingerprint density at radius 3 is 2.65 bits per heavy atom. The van der Waals surface area contributed by atoms with E-state index in [1.165, 1.54) is 0 Å². The first-order chi connectivity index (χ1) is 17.7. The number of rotatable bonds is 9. The quantitative estimate of drug-likeness (QED) is 0.497. The Morgan fingerprint density at radius 1 is 1.27 bits per heavy atom. The van der Waals surface area contributed by atoms with Gasteiger partial charge in [-0.1, -0.05) is 6.42 Å². The summed E-state index contributed by atoms with van der Waals surface area (Å²) < 4.78 is 54.1. The van der Waals surface area contributed by atoms with Crippen molar-refractivity contribution in [3.05, 3.63) is 23.3 Å². The molecule has 0 saturated carbocycles. The van der Waals surface area contributed by atoms with Crippen LogP contribution in [0.2, 0.25) is 0 Å². The zero-order chi connectivity index (χ0) is 26.2. The van der Waals surface area contributed by atoms with Gasteiger partial charge in [0.2, 0.25) is 16.0 Å². The van der Waals surface area contributed by atoms with Gasteiger partial charge in [0.05, 0.1) is 25.1 Å². The van der Waals surface area contributed by atoms with E-state index in [0.29, 0.717) is 37.8 Å². The summed E-state index contributed by atoms with van der Waals surface area (Å²) in [4.78, 5) is 11.1. The third kappa shape index (κ3) is 5.59. The normalized spacial score (nSPS) is 26.4. The average molecular weight is 538 g/mol. The second kappa shape index (κ2) is 10.8. The lowest BCUT2D eigenvalue weighted by Gasteiger charge is -2.49. The maximum atomic E-state index is 15.5. The summed E-state index contributed by atoms with van der Waals surface area (Å²) in [6, 6.07) is 1.71. The van der Waals surface area contributed by atoms with Crippen molar-refractivity contribution in [1.29, 1.82) is 0 Å². The van der Waals surface area contributed by atoms with Crippen molar-refractivity contribution in [3.63, 3.8) is 0 Å². The number of sulfonamides is 1. The van der Waals surface area contributed by atoms with E-state index in [2.05, 4.69) is 25.5 Å². The molecule has 5 heterocycles. The number of aromatic nitrogens is 4. The molecule has 0 aliphatic carbocycles. The fourth-order valence-electron chi connectivity index (χ4n) is 5.65. The number of aryl methyl sites for hydroxylation is 1. The van der Waals surface area contributed by atoms with Crippen LogP contribution in [0.4, 0.5) is 22.0 Å². The van der Waals surface area contributed by atoms with Gasteiger partial charge in [-0.3, -0.25) is 5.10 Å². The molecule has 3 saturated heterocycles. The zero-order valence-corrected chi connectivity index (χ0v) is 22.4. The van der Waals surface area contributed by atoms with E-state index in [4.69, 9.17) is 9.47 Å². The van der Waals surface area contributed by atoms with Crippen molar-refractivity contribution in [2.24, 2.45) is 0 Å². The van der Waals surface area contributed by atoms with E-state index in [-0.39, 0.29) is 48.1 Å². The topological polar surface area (TPSA) is 126 Å². The summed E-state index contributed by atoms with van der Waals surface area (Å²) in [5.74, 6) is 0.367. The minimum absolute atomic E-state index is 0.00404. The fraction of sp³-hybridized carbons (Fsp3) is 0.708. The highest BCUT2D eigenvalue weighted by atomic mass is 32.2. The summed E-state index contributed by atoms with van der Waals surface area (Å²) >= 11 is 0. The molecule has 13 heteroatoms.